The van der Waals surface area contributed by atoms with Crippen molar-refractivity contribution in [1.29, 1.82) is 0 Å². The summed E-state index contributed by atoms with van der Waals surface area (Å²) in [6.07, 6.45) is 1.37. The van der Waals surface area contributed by atoms with Crippen LogP contribution in [0.2, 0.25) is 5.02 Å². The van der Waals surface area contributed by atoms with Gasteiger partial charge in [0.1, 0.15) is 16.8 Å². The Morgan fingerprint density at radius 3 is 2.47 bits per heavy atom. The monoisotopic (exact) mass is 477 g/mol. The number of esters is 1. The van der Waals surface area contributed by atoms with Crippen LogP contribution in [0.15, 0.2) is 71.2 Å². The Hall–Kier alpha value is -3.58. The number of rotatable bonds is 3. The molecule has 2 aromatic carbocycles. The maximum absolute atomic E-state index is 14.1. The number of ketones is 1. The molecule has 0 bridgehead atoms. The van der Waals surface area contributed by atoms with Crippen molar-refractivity contribution >= 4 is 40.6 Å². The summed E-state index contributed by atoms with van der Waals surface area (Å²) >= 11 is 6.54. The number of Topliss-reactive ketones (excluding diaryl/α,β-unsaturated/α-hetero) is 1. The lowest BCUT2D eigenvalue weighted by Crippen LogP contribution is -2.54. The number of para-hydroxylation sites is 2. The summed E-state index contributed by atoms with van der Waals surface area (Å²) in [6.45, 7) is 1.77. The zero-order chi connectivity index (χ0) is 24.2. The number of nitrogens with zero attached hydrogens (tertiary/aromatic N) is 2. The van der Waals surface area contributed by atoms with Crippen LogP contribution in [0.5, 0.6) is 0 Å². The van der Waals surface area contributed by atoms with Gasteiger partial charge in [0.25, 0.3) is 0 Å². The topological polar surface area (TPSA) is 92.9 Å². The predicted octanol–water partition coefficient (Wildman–Crippen LogP) is 3.81. The van der Waals surface area contributed by atoms with Gasteiger partial charge in [0.15, 0.2) is 5.78 Å². The van der Waals surface area contributed by atoms with E-state index in [1.807, 2.05) is 6.07 Å². The maximum atomic E-state index is 14.1. The molecule has 1 amide bonds. The molecule has 0 radical (unpaired) electrons. The van der Waals surface area contributed by atoms with Crippen LogP contribution >= 0.6 is 11.6 Å². The molecule has 174 valence electrons. The van der Waals surface area contributed by atoms with Crippen molar-refractivity contribution in [3.63, 3.8) is 0 Å². The van der Waals surface area contributed by atoms with Crippen LogP contribution in [0.25, 0.3) is 0 Å². The molecule has 1 atom stereocenters. The number of nitrogens with two attached hydrogens (primary N) is 1. The van der Waals surface area contributed by atoms with E-state index in [0.29, 0.717) is 40.5 Å². The number of carbonyl (C=O) groups excluding carboxylic acids is 3. The van der Waals surface area contributed by atoms with Crippen molar-refractivity contribution in [2.24, 2.45) is 5.73 Å². The molecule has 1 unspecified atom stereocenters. The van der Waals surface area contributed by atoms with Gasteiger partial charge in [-0.15, -0.1) is 0 Å². The van der Waals surface area contributed by atoms with Crippen molar-refractivity contribution in [2.45, 2.75) is 31.6 Å². The van der Waals surface area contributed by atoms with E-state index in [1.54, 1.807) is 61.3 Å². The molecule has 1 aliphatic carbocycles. The van der Waals surface area contributed by atoms with Crippen LogP contribution in [0.4, 0.5) is 11.4 Å². The molecule has 0 aromatic heterocycles. The van der Waals surface area contributed by atoms with Crippen LogP contribution in [-0.2, 0) is 24.5 Å². The predicted molar refractivity (Wildman–Crippen MR) is 129 cm³/mol. The second-order valence-electron chi connectivity index (χ2n) is 8.50. The van der Waals surface area contributed by atoms with E-state index in [2.05, 4.69) is 0 Å². The van der Waals surface area contributed by atoms with E-state index in [-0.39, 0.29) is 35.8 Å². The van der Waals surface area contributed by atoms with Gasteiger partial charge in [0.2, 0.25) is 5.91 Å². The first-order valence-electron chi connectivity index (χ1n) is 11.2. The smallest absolute Gasteiger partial charge is 0.339 e. The van der Waals surface area contributed by atoms with E-state index in [1.165, 1.54) is 4.90 Å². The van der Waals surface area contributed by atoms with Crippen LogP contribution in [0, 0.1) is 0 Å². The Morgan fingerprint density at radius 2 is 1.76 bits per heavy atom. The molecule has 3 aliphatic rings. The Labute approximate surface area is 202 Å². The summed E-state index contributed by atoms with van der Waals surface area (Å²) < 4.78 is 5.43. The van der Waals surface area contributed by atoms with Crippen LogP contribution in [-0.4, -0.2) is 31.3 Å². The standard InChI is InChI=1S/C26H24ClN3O4/c1-3-34-24(32)22-23(28)30(18-12-7-5-10-16(18)27)19-13-8-14-20(31)21(19)26(22)15-9-4-6-11-17(15)29(2)25(26)33/h4-7,9-12H,3,8,13-14,28H2,1-2H3. The molecule has 2 N–H and O–H groups in total. The number of benzene rings is 2. The third-order valence-electron chi connectivity index (χ3n) is 6.77. The Kier molecular flexibility index (Phi) is 5.24. The zero-order valence-corrected chi connectivity index (χ0v) is 19.7. The summed E-state index contributed by atoms with van der Waals surface area (Å²) in [4.78, 5) is 44.4. The van der Waals surface area contributed by atoms with Crippen molar-refractivity contribution in [2.75, 3.05) is 23.5 Å². The SMILES string of the molecule is CCOC(=O)C1=C(N)N(c2ccccc2Cl)C2=C(C(=O)CCC2)C12C(=O)N(C)c1ccccc12. The van der Waals surface area contributed by atoms with Crippen molar-refractivity contribution in [3.05, 3.63) is 81.8 Å². The molecular formula is C26H24ClN3O4. The number of fused-ring (bicyclic) bond motifs is 3. The largest absolute Gasteiger partial charge is 0.462 e. The number of likely N-dealkylation sites (N-methyl/N-ethyl adjacent to an activating group) is 1. The summed E-state index contributed by atoms with van der Waals surface area (Å²) in [5, 5.41) is 0.407. The fourth-order valence-corrected chi connectivity index (χ4v) is 5.68. The van der Waals surface area contributed by atoms with E-state index >= 15 is 0 Å². The number of hydrogen-bond acceptors (Lipinski definition) is 6. The average Bonchev–Trinajstić information content (AvgIpc) is 3.03. The number of anilines is 2. The molecule has 7 nitrogen and oxygen atoms in total. The van der Waals surface area contributed by atoms with Gasteiger partial charge in [-0.2, -0.15) is 0 Å². The van der Waals surface area contributed by atoms with Crippen molar-refractivity contribution in [1.82, 2.24) is 0 Å². The van der Waals surface area contributed by atoms with E-state index in [9.17, 15) is 14.4 Å². The first kappa shape index (κ1) is 22.2. The molecule has 1 spiro atoms. The summed E-state index contributed by atoms with van der Waals surface area (Å²) in [6, 6.07) is 14.3. The second-order valence-corrected chi connectivity index (χ2v) is 8.90. The molecular weight excluding hydrogens is 454 g/mol. The van der Waals surface area contributed by atoms with Gasteiger partial charge in [-0.3, -0.25) is 14.5 Å². The van der Waals surface area contributed by atoms with Gasteiger partial charge in [0, 0.05) is 36.0 Å². The molecule has 34 heavy (non-hydrogen) atoms. The quantitative estimate of drug-likeness (QED) is 0.676. The molecule has 0 fully saturated rings. The molecule has 5 rings (SSSR count). The lowest BCUT2D eigenvalue weighted by molar-refractivity contribution is -0.140. The van der Waals surface area contributed by atoms with Gasteiger partial charge in [-0.1, -0.05) is 41.9 Å². The highest BCUT2D eigenvalue weighted by atomic mass is 35.5. The lowest BCUT2D eigenvalue weighted by Gasteiger charge is -2.44. The van der Waals surface area contributed by atoms with Crippen LogP contribution in [0.1, 0.15) is 31.7 Å². The minimum atomic E-state index is -1.67. The number of ether oxygens (including phenoxy) is 1. The molecule has 2 heterocycles. The van der Waals surface area contributed by atoms with Gasteiger partial charge in [0.05, 0.1) is 17.3 Å². The number of amides is 1. The highest BCUT2D eigenvalue weighted by Gasteiger charge is 2.63. The lowest BCUT2D eigenvalue weighted by atomic mass is 9.63. The van der Waals surface area contributed by atoms with Crippen LogP contribution < -0.4 is 15.5 Å². The van der Waals surface area contributed by atoms with Crippen molar-refractivity contribution < 1.29 is 19.1 Å². The molecule has 8 heteroatoms. The summed E-state index contributed by atoms with van der Waals surface area (Å²) in [5.74, 6) is -1.29. The highest BCUT2D eigenvalue weighted by molar-refractivity contribution is 6.33. The normalized spacial score (nSPS) is 21.9. The molecule has 0 saturated heterocycles. The Morgan fingerprint density at radius 1 is 1.09 bits per heavy atom. The fourth-order valence-electron chi connectivity index (χ4n) is 5.46. The number of carbonyl (C=O) groups is 3. The first-order valence-corrected chi connectivity index (χ1v) is 11.6. The first-order chi connectivity index (χ1) is 16.4. The van der Waals surface area contributed by atoms with Gasteiger partial charge in [-0.25, -0.2) is 4.79 Å². The van der Waals surface area contributed by atoms with Gasteiger partial charge < -0.3 is 15.4 Å². The third-order valence-corrected chi connectivity index (χ3v) is 7.09. The minimum absolute atomic E-state index is 0.0402. The van der Waals surface area contributed by atoms with Gasteiger partial charge >= 0.3 is 5.97 Å². The second kappa shape index (κ2) is 8.02. The van der Waals surface area contributed by atoms with E-state index in [4.69, 9.17) is 22.1 Å². The molecule has 2 aliphatic heterocycles. The Bertz CT molecular complexity index is 1310. The zero-order valence-electron chi connectivity index (χ0n) is 18.9. The maximum Gasteiger partial charge on any atom is 0.339 e. The molecule has 0 saturated carbocycles. The number of allylic oxidation sites excluding steroid dienone is 1. The van der Waals surface area contributed by atoms with E-state index < -0.39 is 17.3 Å². The minimum Gasteiger partial charge on any atom is -0.462 e. The van der Waals surface area contributed by atoms with Crippen molar-refractivity contribution in [3.8, 4) is 0 Å². The molecule has 2 aromatic rings. The number of hydrogen-bond donors (Lipinski definition) is 1. The highest BCUT2D eigenvalue weighted by Crippen LogP contribution is 2.57. The van der Waals surface area contributed by atoms with Gasteiger partial charge in [-0.05, 0) is 38.0 Å². The average molecular weight is 478 g/mol. The van der Waals surface area contributed by atoms with E-state index in [0.717, 1.165) is 0 Å². The summed E-state index contributed by atoms with van der Waals surface area (Å²) in [7, 11) is 1.64. The van der Waals surface area contributed by atoms with Crippen LogP contribution in [0.3, 0.4) is 0 Å². The fraction of sp³-hybridized carbons (Fsp3) is 0.269. The third kappa shape index (κ3) is 2.80. The summed E-state index contributed by atoms with van der Waals surface area (Å²) in [5.41, 5.74) is 7.61. The number of halogens is 1. The Balaban J connectivity index is 1.93.